The molecule has 0 spiro atoms. The fourth-order valence-electron chi connectivity index (χ4n) is 2.41. The molecular weight excluding hydrogens is 238 g/mol. The number of ether oxygens (including phenoxy) is 2. The molecule has 1 aliphatic rings. The molecule has 3 heteroatoms. The summed E-state index contributed by atoms with van der Waals surface area (Å²) in [5.41, 5.74) is 8.12. The summed E-state index contributed by atoms with van der Waals surface area (Å²) < 4.78 is 11.2. The molecule has 2 rings (SSSR count). The summed E-state index contributed by atoms with van der Waals surface area (Å²) in [5, 5.41) is 0. The van der Waals surface area contributed by atoms with Crippen LogP contribution >= 0.6 is 0 Å². The van der Waals surface area contributed by atoms with E-state index >= 15 is 0 Å². The normalized spacial score (nSPS) is 17.0. The molecule has 3 nitrogen and oxygen atoms in total. The second kappa shape index (κ2) is 6.92. The molecule has 0 aliphatic heterocycles. The number of rotatable bonds is 7. The Morgan fingerprint density at radius 2 is 2.16 bits per heavy atom. The van der Waals surface area contributed by atoms with Crippen LogP contribution in [-0.2, 0) is 11.3 Å². The number of hydrogen-bond donors (Lipinski definition) is 1. The van der Waals surface area contributed by atoms with E-state index in [9.17, 15) is 0 Å². The second-order valence-corrected chi connectivity index (χ2v) is 5.50. The first-order valence-corrected chi connectivity index (χ1v) is 7.21. The quantitative estimate of drug-likeness (QED) is 0.767. The van der Waals surface area contributed by atoms with Gasteiger partial charge in [0.1, 0.15) is 5.75 Å². The molecular formula is C16H25NO2. The molecule has 0 aromatic heterocycles. The van der Waals surface area contributed by atoms with Crippen molar-refractivity contribution in [2.45, 2.75) is 45.3 Å². The fourth-order valence-corrected chi connectivity index (χ4v) is 2.41. The lowest BCUT2D eigenvalue weighted by Crippen LogP contribution is -2.13. The van der Waals surface area contributed by atoms with Gasteiger partial charge in [-0.25, -0.2) is 0 Å². The SMILES string of the molecule is COc1ccc(C(C)N)cc1COCCC1CCC1. The van der Waals surface area contributed by atoms with Crippen molar-refractivity contribution in [3.8, 4) is 5.75 Å². The monoisotopic (exact) mass is 263 g/mol. The minimum atomic E-state index is 0.0413. The highest BCUT2D eigenvalue weighted by atomic mass is 16.5. The standard InChI is InChI=1S/C16H25NO2/c1-12(17)14-6-7-16(18-2)15(10-14)11-19-9-8-13-4-3-5-13/h6-7,10,12-13H,3-5,8-9,11,17H2,1-2H3. The summed E-state index contributed by atoms with van der Waals surface area (Å²) in [7, 11) is 1.69. The van der Waals surface area contributed by atoms with E-state index in [4.69, 9.17) is 15.2 Å². The third-order valence-electron chi connectivity index (χ3n) is 3.98. The minimum Gasteiger partial charge on any atom is -0.496 e. The van der Waals surface area contributed by atoms with E-state index in [0.717, 1.165) is 29.4 Å². The number of benzene rings is 1. The topological polar surface area (TPSA) is 44.5 Å². The maximum absolute atomic E-state index is 5.91. The van der Waals surface area contributed by atoms with Crippen molar-refractivity contribution >= 4 is 0 Å². The van der Waals surface area contributed by atoms with E-state index in [1.54, 1.807) is 7.11 Å². The van der Waals surface area contributed by atoms with Crippen molar-refractivity contribution < 1.29 is 9.47 Å². The van der Waals surface area contributed by atoms with Gasteiger partial charge in [-0.2, -0.15) is 0 Å². The Balaban J connectivity index is 1.87. The molecule has 1 aromatic rings. The Morgan fingerprint density at radius 3 is 2.74 bits per heavy atom. The third kappa shape index (κ3) is 3.95. The average molecular weight is 263 g/mol. The van der Waals surface area contributed by atoms with E-state index in [0.29, 0.717) is 6.61 Å². The summed E-state index contributed by atoms with van der Waals surface area (Å²) in [6.07, 6.45) is 5.35. The Labute approximate surface area is 116 Å². The zero-order chi connectivity index (χ0) is 13.7. The summed E-state index contributed by atoms with van der Waals surface area (Å²) in [5.74, 6) is 1.78. The number of nitrogens with two attached hydrogens (primary N) is 1. The zero-order valence-corrected chi connectivity index (χ0v) is 12.0. The maximum atomic E-state index is 5.91. The van der Waals surface area contributed by atoms with Gasteiger partial charge in [-0.05, 0) is 37.0 Å². The van der Waals surface area contributed by atoms with E-state index < -0.39 is 0 Å². The van der Waals surface area contributed by atoms with Gasteiger partial charge in [0.25, 0.3) is 0 Å². The first kappa shape index (κ1) is 14.4. The van der Waals surface area contributed by atoms with E-state index in [1.165, 1.54) is 25.7 Å². The van der Waals surface area contributed by atoms with Crippen LogP contribution in [-0.4, -0.2) is 13.7 Å². The molecule has 0 saturated heterocycles. The van der Waals surface area contributed by atoms with Gasteiger partial charge in [0.05, 0.1) is 13.7 Å². The van der Waals surface area contributed by atoms with Gasteiger partial charge >= 0.3 is 0 Å². The Bertz CT molecular complexity index is 400. The van der Waals surface area contributed by atoms with Crippen LogP contribution in [0, 0.1) is 5.92 Å². The first-order chi connectivity index (χ1) is 9.20. The van der Waals surface area contributed by atoms with Crippen molar-refractivity contribution in [2.75, 3.05) is 13.7 Å². The lowest BCUT2D eigenvalue weighted by molar-refractivity contribution is 0.0935. The average Bonchev–Trinajstić information content (AvgIpc) is 2.36. The molecule has 1 fully saturated rings. The summed E-state index contributed by atoms with van der Waals surface area (Å²) in [6.45, 7) is 3.44. The van der Waals surface area contributed by atoms with Crippen LogP contribution in [0.2, 0.25) is 0 Å². The molecule has 0 amide bonds. The van der Waals surface area contributed by atoms with Crippen LogP contribution < -0.4 is 10.5 Å². The van der Waals surface area contributed by atoms with Crippen molar-refractivity contribution in [3.63, 3.8) is 0 Å². The van der Waals surface area contributed by atoms with Crippen LogP contribution in [0.5, 0.6) is 5.75 Å². The predicted octanol–water partition coefficient (Wildman–Crippen LogP) is 3.42. The van der Waals surface area contributed by atoms with Crippen molar-refractivity contribution in [2.24, 2.45) is 11.7 Å². The molecule has 0 radical (unpaired) electrons. The van der Waals surface area contributed by atoms with Crippen molar-refractivity contribution in [3.05, 3.63) is 29.3 Å². The molecule has 1 atom stereocenters. The van der Waals surface area contributed by atoms with E-state index in [-0.39, 0.29) is 6.04 Å². The molecule has 1 aromatic carbocycles. The zero-order valence-electron chi connectivity index (χ0n) is 12.0. The lowest BCUT2D eigenvalue weighted by atomic mass is 9.83. The van der Waals surface area contributed by atoms with Crippen molar-refractivity contribution in [1.82, 2.24) is 0 Å². The van der Waals surface area contributed by atoms with Crippen molar-refractivity contribution in [1.29, 1.82) is 0 Å². The molecule has 1 saturated carbocycles. The molecule has 0 heterocycles. The second-order valence-electron chi connectivity index (χ2n) is 5.50. The van der Waals surface area contributed by atoms with Gasteiger partial charge in [-0.3, -0.25) is 0 Å². The predicted molar refractivity (Wildman–Crippen MR) is 77.2 cm³/mol. The summed E-state index contributed by atoms with van der Waals surface area (Å²) in [6, 6.07) is 6.12. The largest absolute Gasteiger partial charge is 0.496 e. The third-order valence-corrected chi connectivity index (χ3v) is 3.98. The fraction of sp³-hybridized carbons (Fsp3) is 0.625. The first-order valence-electron chi connectivity index (χ1n) is 7.21. The van der Waals surface area contributed by atoms with Crippen LogP contribution in [0.25, 0.3) is 0 Å². The molecule has 106 valence electrons. The highest BCUT2D eigenvalue weighted by molar-refractivity contribution is 5.37. The molecule has 19 heavy (non-hydrogen) atoms. The lowest BCUT2D eigenvalue weighted by Gasteiger charge is -2.25. The molecule has 1 unspecified atom stereocenters. The smallest absolute Gasteiger partial charge is 0.124 e. The van der Waals surface area contributed by atoms with Gasteiger partial charge < -0.3 is 15.2 Å². The highest BCUT2D eigenvalue weighted by Crippen LogP contribution is 2.29. The van der Waals surface area contributed by atoms with Gasteiger partial charge in [0, 0.05) is 18.2 Å². The summed E-state index contributed by atoms with van der Waals surface area (Å²) >= 11 is 0. The number of hydrogen-bond acceptors (Lipinski definition) is 3. The number of methoxy groups -OCH3 is 1. The van der Waals surface area contributed by atoms with Crippen LogP contribution in [0.3, 0.4) is 0 Å². The molecule has 2 N–H and O–H groups in total. The summed E-state index contributed by atoms with van der Waals surface area (Å²) in [4.78, 5) is 0. The Kier molecular flexibility index (Phi) is 5.23. The molecule has 1 aliphatic carbocycles. The highest BCUT2D eigenvalue weighted by Gasteiger charge is 2.16. The van der Waals surface area contributed by atoms with E-state index in [1.807, 2.05) is 19.1 Å². The minimum absolute atomic E-state index is 0.0413. The van der Waals surface area contributed by atoms with Crippen LogP contribution in [0.1, 0.15) is 49.8 Å². The van der Waals surface area contributed by atoms with Gasteiger partial charge in [0.15, 0.2) is 0 Å². The van der Waals surface area contributed by atoms with Crippen LogP contribution in [0.4, 0.5) is 0 Å². The maximum Gasteiger partial charge on any atom is 0.124 e. The Hall–Kier alpha value is -1.06. The Morgan fingerprint density at radius 1 is 1.37 bits per heavy atom. The van der Waals surface area contributed by atoms with E-state index in [2.05, 4.69) is 6.07 Å². The van der Waals surface area contributed by atoms with Gasteiger partial charge in [-0.15, -0.1) is 0 Å². The van der Waals surface area contributed by atoms with Gasteiger partial charge in [-0.1, -0.05) is 25.3 Å². The van der Waals surface area contributed by atoms with Crippen LogP contribution in [0.15, 0.2) is 18.2 Å². The van der Waals surface area contributed by atoms with Gasteiger partial charge in [0.2, 0.25) is 0 Å². The molecule has 0 bridgehead atoms.